The average molecular weight is 308 g/mol. The number of aromatic nitrogens is 3. The van der Waals surface area contributed by atoms with Gasteiger partial charge in [-0.25, -0.2) is 9.50 Å². The molecule has 5 nitrogen and oxygen atoms in total. The van der Waals surface area contributed by atoms with Crippen LogP contribution in [0.5, 0.6) is 0 Å². The Morgan fingerprint density at radius 2 is 2.13 bits per heavy atom. The van der Waals surface area contributed by atoms with Gasteiger partial charge in [-0.3, -0.25) is 9.89 Å². The van der Waals surface area contributed by atoms with Crippen LogP contribution in [0.25, 0.3) is 16.8 Å². The summed E-state index contributed by atoms with van der Waals surface area (Å²) in [5.74, 6) is 0.704. The molecule has 1 fully saturated rings. The third-order valence-corrected chi connectivity index (χ3v) is 4.61. The molecule has 1 unspecified atom stereocenters. The summed E-state index contributed by atoms with van der Waals surface area (Å²) < 4.78 is 1.52. The summed E-state index contributed by atoms with van der Waals surface area (Å²) in [6.45, 7) is 2.19. The standard InChI is InChI=1S/C18H20N4O/c23-17-10-15(7-6-13-8-9-19-11-13)21-18-16(12-20-22(17)18)14-4-2-1-3-5-14/h1-5,10,12-13,19-20H,6-9,11H2. The SMILES string of the molecule is O=c1cc(CCC2CCNC2)nc2c(-c3ccccc3)c[nH]n12. The topological polar surface area (TPSA) is 62.2 Å². The molecule has 0 bridgehead atoms. The lowest BCUT2D eigenvalue weighted by molar-refractivity contribution is 0.529. The van der Waals surface area contributed by atoms with Crippen LogP contribution in [0.1, 0.15) is 18.5 Å². The maximum atomic E-state index is 12.3. The van der Waals surface area contributed by atoms with Crippen molar-refractivity contribution in [2.45, 2.75) is 19.3 Å². The number of hydrogen-bond donors (Lipinski definition) is 2. The smallest absolute Gasteiger partial charge is 0.272 e. The van der Waals surface area contributed by atoms with Crippen molar-refractivity contribution in [3.05, 3.63) is 58.6 Å². The summed E-state index contributed by atoms with van der Waals surface area (Å²) in [5, 5.41) is 6.40. The van der Waals surface area contributed by atoms with E-state index in [1.54, 1.807) is 6.07 Å². The van der Waals surface area contributed by atoms with Crippen molar-refractivity contribution < 1.29 is 0 Å². The van der Waals surface area contributed by atoms with Crippen molar-refractivity contribution in [2.75, 3.05) is 13.1 Å². The lowest BCUT2D eigenvalue weighted by Gasteiger charge is -2.07. The van der Waals surface area contributed by atoms with Crippen LogP contribution in [0.2, 0.25) is 0 Å². The van der Waals surface area contributed by atoms with E-state index in [0.29, 0.717) is 11.6 Å². The van der Waals surface area contributed by atoms with E-state index >= 15 is 0 Å². The molecule has 0 saturated carbocycles. The molecule has 1 aliphatic rings. The lowest BCUT2D eigenvalue weighted by Crippen LogP contribution is -2.16. The Labute approximate surface area is 134 Å². The van der Waals surface area contributed by atoms with Crippen molar-refractivity contribution in [2.24, 2.45) is 5.92 Å². The van der Waals surface area contributed by atoms with Gasteiger partial charge in [-0.05, 0) is 43.8 Å². The Morgan fingerprint density at radius 3 is 2.91 bits per heavy atom. The highest BCUT2D eigenvalue weighted by atomic mass is 16.1. The molecule has 3 heterocycles. The predicted molar refractivity (Wildman–Crippen MR) is 90.5 cm³/mol. The van der Waals surface area contributed by atoms with Crippen molar-refractivity contribution in [1.29, 1.82) is 0 Å². The van der Waals surface area contributed by atoms with Gasteiger partial charge in [-0.15, -0.1) is 0 Å². The monoisotopic (exact) mass is 308 g/mol. The van der Waals surface area contributed by atoms with Crippen LogP contribution in [0.15, 0.2) is 47.4 Å². The second-order valence-corrected chi connectivity index (χ2v) is 6.20. The summed E-state index contributed by atoms with van der Waals surface area (Å²) in [7, 11) is 0. The number of aryl methyl sites for hydroxylation is 1. The Bertz CT molecular complexity index is 860. The van der Waals surface area contributed by atoms with Crippen LogP contribution in [0, 0.1) is 5.92 Å². The Hall–Kier alpha value is -2.40. The van der Waals surface area contributed by atoms with Gasteiger partial charge in [0.25, 0.3) is 5.56 Å². The van der Waals surface area contributed by atoms with Gasteiger partial charge in [0.2, 0.25) is 0 Å². The fourth-order valence-corrected chi connectivity index (χ4v) is 3.30. The van der Waals surface area contributed by atoms with Crippen molar-refractivity contribution in [1.82, 2.24) is 19.9 Å². The van der Waals surface area contributed by atoms with Crippen LogP contribution in [0.3, 0.4) is 0 Å². The summed E-state index contributed by atoms with van der Waals surface area (Å²) in [6, 6.07) is 11.7. The molecular weight excluding hydrogens is 288 g/mol. The van der Waals surface area contributed by atoms with Gasteiger partial charge in [-0.1, -0.05) is 30.3 Å². The van der Waals surface area contributed by atoms with Crippen molar-refractivity contribution >= 4 is 5.65 Å². The fraction of sp³-hybridized carbons (Fsp3) is 0.333. The van der Waals surface area contributed by atoms with Gasteiger partial charge >= 0.3 is 0 Å². The number of benzene rings is 1. The summed E-state index contributed by atoms with van der Waals surface area (Å²) in [4.78, 5) is 17.1. The number of rotatable bonds is 4. The van der Waals surface area contributed by atoms with Crippen LogP contribution in [0.4, 0.5) is 0 Å². The first kappa shape index (κ1) is 14.2. The number of aromatic amines is 1. The van der Waals surface area contributed by atoms with Gasteiger partial charge < -0.3 is 5.32 Å². The first-order chi connectivity index (χ1) is 11.3. The average Bonchev–Trinajstić information content (AvgIpc) is 3.23. The first-order valence-electron chi connectivity index (χ1n) is 8.17. The molecule has 0 amide bonds. The second-order valence-electron chi connectivity index (χ2n) is 6.20. The molecule has 0 radical (unpaired) electrons. The quantitative estimate of drug-likeness (QED) is 0.777. The Balaban J connectivity index is 1.69. The Kier molecular flexibility index (Phi) is 3.71. The van der Waals surface area contributed by atoms with E-state index in [-0.39, 0.29) is 5.56 Å². The van der Waals surface area contributed by atoms with Gasteiger partial charge in [0.05, 0.1) is 0 Å². The minimum Gasteiger partial charge on any atom is -0.316 e. The van der Waals surface area contributed by atoms with Crippen LogP contribution >= 0.6 is 0 Å². The van der Waals surface area contributed by atoms with E-state index in [4.69, 9.17) is 4.98 Å². The van der Waals surface area contributed by atoms with Crippen LogP contribution < -0.4 is 10.9 Å². The molecule has 118 valence electrons. The molecular formula is C18H20N4O. The number of fused-ring (bicyclic) bond motifs is 1. The number of nitrogens with one attached hydrogen (secondary N) is 2. The van der Waals surface area contributed by atoms with Crippen molar-refractivity contribution in [3.8, 4) is 11.1 Å². The van der Waals surface area contributed by atoms with E-state index in [1.807, 2.05) is 36.5 Å². The molecule has 2 aromatic heterocycles. The van der Waals surface area contributed by atoms with Gasteiger partial charge in [0.15, 0.2) is 5.65 Å². The molecule has 1 atom stereocenters. The highest BCUT2D eigenvalue weighted by Crippen LogP contribution is 2.22. The molecule has 0 spiro atoms. The second kappa shape index (κ2) is 6.01. The highest BCUT2D eigenvalue weighted by molar-refractivity contribution is 5.76. The summed E-state index contributed by atoms with van der Waals surface area (Å²) >= 11 is 0. The maximum Gasteiger partial charge on any atom is 0.272 e. The minimum atomic E-state index is -0.0447. The molecule has 23 heavy (non-hydrogen) atoms. The van der Waals surface area contributed by atoms with Crippen LogP contribution in [-0.2, 0) is 6.42 Å². The Morgan fingerprint density at radius 1 is 1.26 bits per heavy atom. The van der Waals surface area contributed by atoms with Crippen LogP contribution in [-0.4, -0.2) is 27.7 Å². The number of hydrogen-bond acceptors (Lipinski definition) is 3. The predicted octanol–water partition coefficient (Wildman–Crippen LogP) is 2.23. The molecule has 4 rings (SSSR count). The maximum absolute atomic E-state index is 12.3. The van der Waals surface area contributed by atoms with Gasteiger partial charge in [0.1, 0.15) is 0 Å². The fourth-order valence-electron chi connectivity index (χ4n) is 3.30. The molecule has 1 aromatic carbocycles. The summed E-state index contributed by atoms with van der Waals surface area (Å²) in [5.41, 5.74) is 3.58. The molecule has 0 aliphatic carbocycles. The zero-order chi connectivity index (χ0) is 15.6. The molecule has 2 N–H and O–H groups in total. The zero-order valence-corrected chi connectivity index (χ0v) is 13.0. The van der Waals surface area contributed by atoms with E-state index in [2.05, 4.69) is 10.4 Å². The molecule has 1 saturated heterocycles. The van der Waals surface area contributed by atoms with Gasteiger partial charge in [-0.2, -0.15) is 0 Å². The zero-order valence-electron chi connectivity index (χ0n) is 13.0. The van der Waals surface area contributed by atoms with Gasteiger partial charge in [0, 0.05) is 23.5 Å². The van der Waals surface area contributed by atoms with Crippen molar-refractivity contribution in [3.63, 3.8) is 0 Å². The van der Waals surface area contributed by atoms with E-state index in [9.17, 15) is 4.79 Å². The first-order valence-corrected chi connectivity index (χ1v) is 8.17. The van der Waals surface area contributed by atoms with E-state index in [0.717, 1.165) is 42.8 Å². The third kappa shape index (κ3) is 2.80. The molecule has 1 aliphatic heterocycles. The third-order valence-electron chi connectivity index (χ3n) is 4.61. The number of nitrogens with zero attached hydrogens (tertiary/aromatic N) is 2. The number of H-pyrrole nitrogens is 1. The highest BCUT2D eigenvalue weighted by Gasteiger charge is 2.16. The normalized spacial score (nSPS) is 17.8. The van der Waals surface area contributed by atoms with E-state index in [1.165, 1.54) is 10.9 Å². The molecule has 5 heteroatoms. The minimum absolute atomic E-state index is 0.0447. The largest absolute Gasteiger partial charge is 0.316 e. The van der Waals surface area contributed by atoms with E-state index < -0.39 is 0 Å². The molecule has 3 aromatic rings. The lowest BCUT2D eigenvalue weighted by atomic mass is 10.0. The summed E-state index contributed by atoms with van der Waals surface area (Å²) in [6.07, 6.45) is 5.02.